The lowest BCUT2D eigenvalue weighted by Gasteiger charge is -2.05. The molecule has 0 aliphatic heterocycles. The van der Waals surface area contributed by atoms with Crippen molar-refractivity contribution < 1.29 is 19.0 Å². The lowest BCUT2D eigenvalue weighted by molar-refractivity contribution is 0.0888. The molecule has 0 aliphatic rings. The van der Waals surface area contributed by atoms with E-state index in [0.717, 1.165) is 0 Å². The Hall–Kier alpha value is -2.29. The number of carbonyl (C=O) groups excluding carboxylic acids is 1. The van der Waals surface area contributed by atoms with Crippen molar-refractivity contribution in [1.82, 2.24) is 0 Å². The zero-order valence-electron chi connectivity index (χ0n) is 8.01. The van der Waals surface area contributed by atoms with E-state index in [9.17, 15) is 4.79 Å². The molecule has 0 atom stereocenters. The topological polar surface area (TPSA) is 80.9 Å². The van der Waals surface area contributed by atoms with Gasteiger partial charge in [-0.15, -0.1) is 0 Å². The Balaban J connectivity index is 4.11. The molecule has 0 radical (unpaired) electrons. The first-order valence-corrected chi connectivity index (χ1v) is 3.90. The number of aliphatic imine (C=N–C) groups is 1. The van der Waals surface area contributed by atoms with E-state index in [4.69, 9.17) is 10.00 Å². The molecule has 6 nitrogen and oxygen atoms in total. The third-order valence-corrected chi connectivity index (χ3v) is 0.956. The van der Waals surface area contributed by atoms with Gasteiger partial charge < -0.3 is 14.2 Å². The van der Waals surface area contributed by atoms with Gasteiger partial charge in [0.1, 0.15) is 13.2 Å². The molecule has 0 saturated heterocycles. The first kappa shape index (κ1) is 12.7. The van der Waals surface area contributed by atoms with Crippen LogP contribution in [-0.4, -0.2) is 25.5 Å². The summed E-state index contributed by atoms with van der Waals surface area (Å²) < 4.78 is 13.7. The summed E-state index contributed by atoms with van der Waals surface area (Å²) in [5.74, 6) is 0. The van der Waals surface area contributed by atoms with Crippen LogP contribution in [-0.2, 0) is 14.2 Å². The van der Waals surface area contributed by atoms with E-state index in [-0.39, 0.29) is 13.2 Å². The normalized spacial score (nSPS) is 9.67. The Morgan fingerprint density at radius 3 is 2.47 bits per heavy atom. The molecule has 0 aliphatic carbocycles. The van der Waals surface area contributed by atoms with Crippen molar-refractivity contribution >= 4 is 12.2 Å². The van der Waals surface area contributed by atoms with Crippen molar-refractivity contribution in [2.75, 3.05) is 13.2 Å². The minimum absolute atomic E-state index is 0.000124. The summed E-state index contributed by atoms with van der Waals surface area (Å²) in [7, 11) is 0. The summed E-state index contributed by atoms with van der Waals surface area (Å²) in [5, 5.41) is 8.23. The number of ether oxygens (including phenoxy) is 3. The molecule has 6 heteroatoms. The monoisotopic (exact) mass is 210 g/mol. The van der Waals surface area contributed by atoms with Crippen molar-refractivity contribution in [1.29, 1.82) is 5.26 Å². The Morgan fingerprint density at radius 2 is 1.93 bits per heavy atom. The van der Waals surface area contributed by atoms with E-state index in [0.29, 0.717) is 0 Å². The number of nitriles is 1. The fraction of sp³-hybridized carbons (Fsp3) is 0.222. The van der Waals surface area contributed by atoms with Crippen molar-refractivity contribution in [3.63, 3.8) is 0 Å². The van der Waals surface area contributed by atoms with Gasteiger partial charge in [-0.05, 0) is 0 Å². The van der Waals surface area contributed by atoms with Crippen LogP contribution in [0.5, 0.6) is 0 Å². The second-order valence-corrected chi connectivity index (χ2v) is 2.03. The smallest absolute Gasteiger partial charge is 0.445 e. The van der Waals surface area contributed by atoms with Gasteiger partial charge in [0.15, 0.2) is 0 Å². The summed E-state index contributed by atoms with van der Waals surface area (Å²) in [6.07, 6.45) is 2.69. The van der Waals surface area contributed by atoms with Crippen LogP contribution < -0.4 is 0 Å². The number of carbonyl (C=O) groups is 1. The summed E-state index contributed by atoms with van der Waals surface area (Å²) in [5.41, 5.74) is 0. The van der Waals surface area contributed by atoms with Gasteiger partial charge in [0.05, 0.1) is 0 Å². The van der Waals surface area contributed by atoms with Crippen LogP contribution in [0.2, 0.25) is 0 Å². The summed E-state index contributed by atoms with van der Waals surface area (Å²) in [6.45, 7) is 6.78. The highest BCUT2D eigenvalue weighted by Gasteiger charge is 2.10. The summed E-state index contributed by atoms with van der Waals surface area (Å²) >= 11 is 0. The molecule has 0 aromatic carbocycles. The molecule has 0 heterocycles. The molecule has 15 heavy (non-hydrogen) atoms. The van der Waals surface area contributed by atoms with E-state index in [1.165, 1.54) is 18.3 Å². The van der Waals surface area contributed by atoms with Crippen molar-refractivity contribution in [2.45, 2.75) is 0 Å². The third kappa shape index (κ3) is 6.83. The van der Waals surface area contributed by atoms with Crippen LogP contribution in [0.3, 0.4) is 0 Å². The Kier molecular flexibility index (Phi) is 7.05. The van der Waals surface area contributed by atoms with Gasteiger partial charge in [0.2, 0.25) is 6.19 Å². The highest BCUT2D eigenvalue weighted by atomic mass is 16.8. The molecule has 80 valence electrons. The van der Waals surface area contributed by atoms with Gasteiger partial charge in [0, 0.05) is 0 Å². The van der Waals surface area contributed by atoms with Crippen molar-refractivity contribution in [3.8, 4) is 6.19 Å². The van der Waals surface area contributed by atoms with Crippen molar-refractivity contribution in [2.24, 2.45) is 4.99 Å². The molecule has 0 spiro atoms. The molecule has 0 saturated carbocycles. The van der Waals surface area contributed by atoms with E-state index in [1.807, 2.05) is 0 Å². The minimum atomic E-state index is -1.02. The second kappa shape index (κ2) is 8.31. The van der Waals surface area contributed by atoms with Gasteiger partial charge in [0.25, 0.3) is 0 Å². The molecule has 0 rings (SSSR count). The van der Waals surface area contributed by atoms with Crippen LogP contribution in [0.25, 0.3) is 0 Å². The largest absolute Gasteiger partial charge is 0.517 e. The van der Waals surface area contributed by atoms with Crippen LogP contribution in [0, 0.1) is 11.5 Å². The first-order valence-electron chi connectivity index (χ1n) is 3.90. The van der Waals surface area contributed by atoms with E-state index in [1.54, 1.807) is 0 Å². The van der Waals surface area contributed by atoms with Crippen LogP contribution in [0.15, 0.2) is 30.3 Å². The lowest BCUT2D eigenvalue weighted by atomic mass is 10.7. The molecule has 0 unspecified atom stereocenters. The molecular formula is C9H10N2O4. The van der Waals surface area contributed by atoms with E-state index >= 15 is 0 Å². The van der Waals surface area contributed by atoms with Gasteiger partial charge >= 0.3 is 12.2 Å². The summed E-state index contributed by atoms with van der Waals surface area (Å²) in [4.78, 5) is 14.0. The number of nitrogens with zero attached hydrogens (tertiary/aromatic N) is 2. The molecule has 0 fully saturated rings. The minimum Gasteiger partial charge on any atom is -0.445 e. The predicted octanol–water partition coefficient (Wildman–Crippen LogP) is 1.37. The number of hydrogen-bond donors (Lipinski definition) is 0. The zero-order chi connectivity index (χ0) is 11.5. The van der Waals surface area contributed by atoms with Crippen LogP contribution in [0.1, 0.15) is 0 Å². The fourth-order valence-electron chi connectivity index (χ4n) is 0.483. The second-order valence-electron chi connectivity index (χ2n) is 2.03. The Labute approximate surface area is 87.1 Å². The average molecular weight is 210 g/mol. The van der Waals surface area contributed by atoms with Gasteiger partial charge in [-0.3, -0.25) is 0 Å². The number of hydrogen-bond acceptors (Lipinski definition) is 6. The van der Waals surface area contributed by atoms with E-state index < -0.39 is 12.2 Å². The molecule has 0 bridgehead atoms. The molecule has 0 aromatic rings. The highest BCUT2D eigenvalue weighted by Crippen LogP contribution is 1.92. The Morgan fingerprint density at radius 1 is 1.33 bits per heavy atom. The SMILES string of the molecule is C=CCOC(=O)OC(=NC#N)OCC=C. The lowest BCUT2D eigenvalue weighted by Crippen LogP contribution is -2.16. The Bertz CT molecular complexity index is 304. The molecule has 0 amide bonds. The first-order chi connectivity index (χ1) is 7.24. The quantitative estimate of drug-likeness (QED) is 0.230. The van der Waals surface area contributed by atoms with Crippen LogP contribution in [0.4, 0.5) is 4.79 Å². The van der Waals surface area contributed by atoms with Gasteiger partial charge in [-0.1, -0.05) is 30.3 Å². The maximum atomic E-state index is 10.9. The third-order valence-electron chi connectivity index (χ3n) is 0.956. The van der Waals surface area contributed by atoms with E-state index in [2.05, 4.69) is 27.6 Å². The maximum absolute atomic E-state index is 10.9. The summed E-state index contributed by atoms with van der Waals surface area (Å²) in [6, 6.07) is 0. The highest BCUT2D eigenvalue weighted by molar-refractivity contribution is 5.80. The van der Waals surface area contributed by atoms with Crippen molar-refractivity contribution in [3.05, 3.63) is 25.3 Å². The maximum Gasteiger partial charge on any atom is 0.517 e. The number of rotatable bonds is 4. The fourth-order valence-corrected chi connectivity index (χ4v) is 0.483. The standard InChI is InChI=1S/C9H10N2O4/c1-3-5-13-8(11-7-10)15-9(12)14-6-4-2/h3-4H,1-2,5-6H2. The predicted molar refractivity (Wildman–Crippen MR) is 51.8 cm³/mol. The average Bonchev–Trinajstić information content (AvgIpc) is 2.23. The molecule has 0 N–H and O–H groups in total. The molecular weight excluding hydrogens is 200 g/mol. The molecule has 0 aromatic heterocycles. The zero-order valence-corrected chi connectivity index (χ0v) is 8.01. The van der Waals surface area contributed by atoms with Gasteiger partial charge in [-0.2, -0.15) is 5.26 Å². The van der Waals surface area contributed by atoms with Gasteiger partial charge in [-0.25, -0.2) is 4.79 Å². The van der Waals surface area contributed by atoms with Crippen LogP contribution >= 0.6 is 0 Å².